The number of hydrogen-bond acceptors (Lipinski definition) is 3. The van der Waals surface area contributed by atoms with Crippen molar-refractivity contribution in [2.45, 2.75) is 32.7 Å². The summed E-state index contributed by atoms with van der Waals surface area (Å²) in [6.07, 6.45) is 1.83. The van der Waals surface area contributed by atoms with Crippen molar-refractivity contribution in [1.82, 2.24) is 14.5 Å². The SMILES string of the molecule is CC(C)(C)c1cc2cn(-c3ccc(CN)cc3)c(=O)nc2[nH]1. The van der Waals surface area contributed by atoms with Crippen LogP contribution in [0.5, 0.6) is 0 Å². The lowest BCUT2D eigenvalue weighted by molar-refractivity contribution is 0.574. The lowest BCUT2D eigenvalue weighted by atomic mass is 9.92. The molecule has 0 fully saturated rings. The van der Waals surface area contributed by atoms with Crippen LogP contribution in [0.2, 0.25) is 0 Å². The smallest absolute Gasteiger partial charge is 0.343 e. The molecule has 1 aromatic carbocycles. The quantitative estimate of drug-likeness (QED) is 0.762. The number of benzene rings is 1. The van der Waals surface area contributed by atoms with Gasteiger partial charge in [0.25, 0.3) is 0 Å². The van der Waals surface area contributed by atoms with Crippen molar-refractivity contribution in [3.05, 3.63) is 58.3 Å². The third kappa shape index (κ3) is 2.55. The van der Waals surface area contributed by atoms with Gasteiger partial charge in [0.15, 0.2) is 0 Å². The molecule has 0 amide bonds. The van der Waals surface area contributed by atoms with E-state index in [2.05, 4.69) is 30.7 Å². The molecule has 0 radical (unpaired) electrons. The van der Waals surface area contributed by atoms with Crippen LogP contribution in [0.4, 0.5) is 0 Å². The van der Waals surface area contributed by atoms with Gasteiger partial charge in [-0.25, -0.2) is 4.79 Å². The van der Waals surface area contributed by atoms with E-state index in [0.29, 0.717) is 12.2 Å². The lowest BCUT2D eigenvalue weighted by Crippen LogP contribution is -2.20. The highest BCUT2D eigenvalue weighted by molar-refractivity contribution is 5.76. The Balaban J connectivity index is 2.13. The zero-order valence-electron chi connectivity index (χ0n) is 13.1. The number of nitrogens with one attached hydrogen (secondary N) is 1. The van der Waals surface area contributed by atoms with E-state index >= 15 is 0 Å². The lowest BCUT2D eigenvalue weighted by Gasteiger charge is -2.15. The Kier molecular flexibility index (Phi) is 3.37. The predicted molar refractivity (Wildman–Crippen MR) is 88.3 cm³/mol. The Bertz CT molecular complexity index is 866. The standard InChI is InChI=1S/C17H20N4O/c1-17(2,3)14-8-12-10-21(16(22)20-15(12)19-14)13-6-4-11(9-18)5-7-13/h4-8,10H,9,18H2,1-3H3,(H,19,20,22). The zero-order chi connectivity index (χ0) is 15.9. The molecular weight excluding hydrogens is 276 g/mol. The van der Waals surface area contributed by atoms with Crippen LogP contribution in [0.3, 0.4) is 0 Å². The van der Waals surface area contributed by atoms with Gasteiger partial charge >= 0.3 is 5.69 Å². The number of hydrogen-bond donors (Lipinski definition) is 2. The first-order valence-corrected chi connectivity index (χ1v) is 7.31. The molecule has 114 valence electrons. The van der Waals surface area contributed by atoms with Crippen molar-refractivity contribution in [1.29, 1.82) is 0 Å². The average molecular weight is 296 g/mol. The normalized spacial score (nSPS) is 12.0. The van der Waals surface area contributed by atoms with Crippen LogP contribution in [0.25, 0.3) is 16.7 Å². The number of aromatic amines is 1. The second kappa shape index (κ2) is 5.10. The molecule has 0 aliphatic carbocycles. The number of H-pyrrole nitrogens is 1. The Morgan fingerprint density at radius 1 is 1.23 bits per heavy atom. The summed E-state index contributed by atoms with van der Waals surface area (Å²) in [5.41, 5.74) is 8.80. The summed E-state index contributed by atoms with van der Waals surface area (Å²) >= 11 is 0. The van der Waals surface area contributed by atoms with Crippen LogP contribution < -0.4 is 11.4 Å². The minimum atomic E-state index is -0.296. The van der Waals surface area contributed by atoms with Crippen LogP contribution in [-0.2, 0) is 12.0 Å². The van der Waals surface area contributed by atoms with Crippen LogP contribution in [0, 0.1) is 0 Å². The molecule has 0 unspecified atom stereocenters. The summed E-state index contributed by atoms with van der Waals surface area (Å²) in [6.45, 7) is 6.85. The summed E-state index contributed by atoms with van der Waals surface area (Å²) in [4.78, 5) is 19.6. The molecule has 5 heteroatoms. The summed E-state index contributed by atoms with van der Waals surface area (Å²) in [5, 5.41) is 0.924. The third-order valence-electron chi connectivity index (χ3n) is 3.77. The Hall–Kier alpha value is -2.40. The van der Waals surface area contributed by atoms with E-state index in [9.17, 15) is 4.79 Å². The van der Waals surface area contributed by atoms with Crippen LogP contribution >= 0.6 is 0 Å². The molecule has 5 nitrogen and oxygen atoms in total. The molecule has 0 aliphatic heterocycles. The molecule has 3 rings (SSSR count). The number of nitrogens with two attached hydrogens (primary N) is 1. The fourth-order valence-electron chi connectivity index (χ4n) is 2.38. The van der Waals surface area contributed by atoms with E-state index in [1.165, 1.54) is 0 Å². The van der Waals surface area contributed by atoms with Crippen LogP contribution in [0.1, 0.15) is 32.0 Å². The fraction of sp³-hybridized carbons (Fsp3) is 0.294. The second-order valence-corrected chi connectivity index (χ2v) is 6.50. The first-order chi connectivity index (χ1) is 10.4. The maximum Gasteiger partial charge on any atom is 0.354 e. The zero-order valence-corrected chi connectivity index (χ0v) is 13.1. The predicted octanol–water partition coefficient (Wildman–Crippen LogP) is 2.47. The van der Waals surface area contributed by atoms with Gasteiger partial charge in [0.05, 0.1) is 5.69 Å². The van der Waals surface area contributed by atoms with Crippen LogP contribution in [-0.4, -0.2) is 14.5 Å². The Morgan fingerprint density at radius 3 is 2.50 bits per heavy atom. The molecule has 2 heterocycles. The van der Waals surface area contributed by atoms with Gasteiger partial charge in [0.1, 0.15) is 5.65 Å². The molecule has 0 aliphatic rings. The number of nitrogens with zero attached hydrogens (tertiary/aromatic N) is 2. The summed E-state index contributed by atoms with van der Waals surface area (Å²) in [7, 11) is 0. The van der Waals surface area contributed by atoms with E-state index in [1.54, 1.807) is 4.57 Å². The van der Waals surface area contributed by atoms with Crippen molar-refractivity contribution >= 4 is 11.0 Å². The van der Waals surface area contributed by atoms with E-state index in [-0.39, 0.29) is 11.1 Å². The van der Waals surface area contributed by atoms with Crippen molar-refractivity contribution in [3.8, 4) is 5.69 Å². The Labute approximate surface area is 128 Å². The van der Waals surface area contributed by atoms with Crippen molar-refractivity contribution in [2.75, 3.05) is 0 Å². The molecule has 3 aromatic rings. The average Bonchev–Trinajstić information content (AvgIpc) is 2.89. The minimum Gasteiger partial charge on any atom is -0.343 e. The summed E-state index contributed by atoms with van der Waals surface area (Å²) in [6, 6.07) is 9.66. The monoisotopic (exact) mass is 296 g/mol. The van der Waals surface area contributed by atoms with Crippen molar-refractivity contribution < 1.29 is 0 Å². The Morgan fingerprint density at radius 2 is 1.91 bits per heavy atom. The van der Waals surface area contributed by atoms with Gasteiger partial charge in [-0.3, -0.25) is 4.57 Å². The van der Waals surface area contributed by atoms with E-state index in [0.717, 1.165) is 22.3 Å². The first-order valence-electron chi connectivity index (χ1n) is 7.31. The van der Waals surface area contributed by atoms with Gasteiger partial charge in [-0.2, -0.15) is 4.98 Å². The molecule has 0 spiro atoms. The van der Waals surface area contributed by atoms with Gasteiger partial charge in [-0.1, -0.05) is 32.9 Å². The van der Waals surface area contributed by atoms with Gasteiger partial charge in [0, 0.05) is 29.2 Å². The van der Waals surface area contributed by atoms with Gasteiger partial charge in [-0.15, -0.1) is 0 Å². The maximum absolute atomic E-state index is 12.3. The topological polar surface area (TPSA) is 76.7 Å². The number of aromatic nitrogens is 3. The van der Waals surface area contributed by atoms with E-state index in [4.69, 9.17) is 5.73 Å². The van der Waals surface area contributed by atoms with Crippen LogP contribution in [0.15, 0.2) is 41.3 Å². The summed E-state index contributed by atoms with van der Waals surface area (Å²) < 4.78 is 1.56. The molecular formula is C17H20N4O. The molecule has 0 bridgehead atoms. The third-order valence-corrected chi connectivity index (χ3v) is 3.77. The second-order valence-electron chi connectivity index (χ2n) is 6.50. The van der Waals surface area contributed by atoms with Gasteiger partial charge in [0.2, 0.25) is 0 Å². The molecule has 22 heavy (non-hydrogen) atoms. The highest BCUT2D eigenvalue weighted by atomic mass is 16.1. The van der Waals surface area contributed by atoms with Gasteiger partial charge < -0.3 is 10.7 Å². The van der Waals surface area contributed by atoms with E-state index < -0.39 is 0 Å². The number of rotatable bonds is 2. The number of fused-ring (bicyclic) bond motifs is 1. The van der Waals surface area contributed by atoms with Crippen molar-refractivity contribution in [3.63, 3.8) is 0 Å². The maximum atomic E-state index is 12.3. The van der Waals surface area contributed by atoms with E-state index in [1.807, 2.05) is 36.5 Å². The first kappa shape index (κ1) is 14.5. The highest BCUT2D eigenvalue weighted by Crippen LogP contribution is 2.24. The fourth-order valence-corrected chi connectivity index (χ4v) is 2.38. The molecule has 3 N–H and O–H groups in total. The van der Waals surface area contributed by atoms with Crippen molar-refractivity contribution in [2.24, 2.45) is 5.73 Å². The highest BCUT2D eigenvalue weighted by Gasteiger charge is 2.17. The molecule has 0 saturated carbocycles. The molecule has 2 aromatic heterocycles. The minimum absolute atomic E-state index is 0.0165. The summed E-state index contributed by atoms with van der Waals surface area (Å²) in [5.74, 6) is 0. The molecule has 0 atom stereocenters. The largest absolute Gasteiger partial charge is 0.354 e. The van der Waals surface area contributed by atoms with Gasteiger partial charge in [-0.05, 0) is 23.8 Å². The molecule has 0 saturated heterocycles.